The summed E-state index contributed by atoms with van der Waals surface area (Å²) >= 11 is 0. The topological polar surface area (TPSA) is 106 Å². The minimum absolute atomic E-state index is 0.121. The molecule has 0 aliphatic heterocycles. The number of sulfone groups is 1. The van der Waals surface area contributed by atoms with Gasteiger partial charge in [-0.2, -0.15) is 13.2 Å². The zero-order chi connectivity index (χ0) is 34.3. The maximum absolute atomic E-state index is 14.9. The second-order valence-corrected chi connectivity index (χ2v) is 13.6. The van der Waals surface area contributed by atoms with Crippen LogP contribution in [0.1, 0.15) is 45.2 Å². The number of hydrogen-bond donors (Lipinski definition) is 3. The Bertz CT molecular complexity index is 1560. The van der Waals surface area contributed by atoms with Crippen LogP contribution in [0, 0.1) is 0 Å². The monoisotopic (exact) mass is 667 g/mol. The van der Waals surface area contributed by atoms with Crippen LogP contribution in [0.25, 0.3) is 11.1 Å². The minimum atomic E-state index is -4.81. The van der Waals surface area contributed by atoms with E-state index in [4.69, 9.17) is 9.47 Å². The SMILES string of the molecule is CC[C@@H](CNc1ccc(OC)cc1OC)NC(=O)[C@H](CC(C)(C)F)N[C@@H](c1ccc(-c2ccc(S(C)(=O)=O)cc2)cc1)C(F)(F)F. The predicted octanol–water partition coefficient (Wildman–Crippen LogP) is 6.48. The molecule has 0 unspecified atom stereocenters. The Hall–Kier alpha value is -3.84. The summed E-state index contributed by atoms with van der Waals surface area (Å²) < 4.78 is 92.2. The lowest BCUT2D eigenvalue weighted by Gasteiger charge is -2.31. The van der Waals surface area contributed by atoms with E-state index in [1.54, 1.807) is 30.3 Å². The molecule has 0 radical (unpaired) electrons. The highest BCUT2D eigenvalue weighted by Gasteiger charge is 2.44. The molecule has 3 rings (SSSR count). The van der Waals surface area contributed by atoms with Gasteiger partial charge in [-0.3, -0.25) is 10.1 Å². The largest absolute Gasteiger partial charge is 0.497 e. The first kappa shape index (κ1) is 36.6. The third-order valence-corrected chi connectivity index (χ3v) is 8.48. The van der Waals surface area contributed by atoms with E-state index >= 15 is 0 Å². The van der Waals surface area contributed by atoms with E-state index < -0.39 is 52.1 Å². The van der Waals surface area contributed by atoms with Crippen LogP contribution in [-0.4, -0.2) is 65.3 Å². The fourth-order valence-corrected chi connectivity index (χ4v) is 5.46. The third kappa shape index (κ3) is 10.3. The molecule has 0 aliphatic rings. The first-order chi connectivity index (χ1) is 21.4. The zero-order valence-corrected chi connectivity index (χ0v) is 27.5. The van der Waals surface area contributed by atoms with E-state index in [0.717, 1.165) is 6.26 Å². The lowest BCUT2D eigenvalue weighted by Crippen LogP contribution is -2.53. The summed E-state index contributed by atoms with van der Waals surface area (Å²) in [6.45, 7) is 4.45. The Balaban J connectivity index is 1.80. The molecule has 1 amide bonds. The molecule has 3 aromatic carbocycles. The maximum atomic E-state index is 14.9. The van der Waals surface area contributed by atoms with Crippen LogP contribution in [0.2, 0.25) is 0 Å². The highest BCUT2D eigenvalue weighted by molar-refractivity contribution is 7.90. The molecule has 0 heterocycles. The summed E-state index contributed by atoms with van der Waals surface area (Å²) in [6, 6.07) is 12.4. The molecular weight excluding hydrogens is 626 g/mol. The van der Waals surface area contributed by atoms with Crippen molar-refractivity contribution >= 4 is 21.4 Å². The summed E-state index contributed by atoms with van der Waals surface area (Å²) in [5, 5.41) is 8.33. The van der Waals surface area contributed by atoms with E-state index in [9.17, 15) is 30.8 Å². The summed E-state index contributed by atoms with van der Waals surface area (Å²) in [4.78, 5) is 13.5. The fourth-order valence-electron chi connectivity index (χ4n) is 4.83. The number of hydrogen-bond acceptors (Lipinski definition) is 7. The Morgan fingerprint density at radius 2 is 1.48 bits per heavy atom. The summed E-state index contributed by atoms with van der Waals surface area (Å²) in [5.74, 6) is 0.324. The molecule has 3 atom stereocenters. The van der Waals surface area contributed by atoms with Crippen molar-refractivity contribution in [3.05, 3.63) is 72.3 Å². The first-order valence-electron chi connectivity index (χ1n) is 14.6. The van der Waals surface area contributed by atoms with Crippen molar-refractivity contribution in [1.29, 1.82) is 0 Å². The molecule has 46 heavy (non-hydrogen) atoms. The summed E-state index contributed by atoms with van der Waals surface area (Å²) in [5.41, 5.74) is -0.320. The zero-order valence-electron chi connectivity index (χ0n) is 26.7. The number of carbonyl (C=O) groups is 1. The average Bonchev–Trinajstić information content (AvgIpc) is 2.99. The fraction of sp³-hybridized carbons (Fsp3) is 0.424. The number of ether oxygens (including phenoxy) is 2. The second-order valence-electron chi connectivity index (χ2n) is 11.6. The van der Waals surface area contributed by atoms with Crippen LogP contribution in [0.3, 0.4) is 0 Å². The average molecular weight is 668 g/mol. The van der Waals surface area contributed by atoms with Crippen LogP contribution in [0.4, 0.5) is 23.2 Å². The molecule has 0 spiro atoms. The Kier molecular flexibility index (Phi) is 12.1. The van der Waals surface area contributed by atoms with Crippen LogP contribution in [0.15, 0.2) is 71.6 Å². The molecule has 0 fully saturated rings. The first-order valence-corrected chi connectivity index (χ1v) is 16.5. The van der Waals surface area contributed by atoms with Gasteiger partial charge < -0.3 is 20.1 Å². The lowest BCUT2D eigenvalue weighted by molar-refractivity contribution is -0.161. The van der Waals surface area contributed by atoms with E-state index in [2.05, 4.69) is 16.0 Å². The summed E-state index contributed by atoms with van der Waals surface area (Å²) in [7, 11) is -0.384. The number of amides is 1. The van der Waals surface area contributed by atoms with Crippen LogP contribution in [0.5, 0.6) is 11.5 Å². The van der Waals surface area contributed by atoms with Crippen molar-refractivity contribution < 1.29 is 40.2 Å². The van der Waals surface area contributed by atoms with Gasteiger partial charge in [0.15, 0.2) is 9.84 Å². The second kappa shape index (κ2) is 15.2. The molecule has 0 bridgehead atoms. The standard InChI is InChI=1S/C33H41F4N3O5S/c1-7-24(20-38-27-17-14-25(44-4)18-29(27)45-5)39-31(41)28(19-32(2,3)34)40-30(33(35,36)37)23-10-8-21(9-11-23)22-12-15-26(16-13-22)46(6,42)43/h8-18,24,28,30,38,40H,7,19-20H2,1-6H3,(H,39,41)/t24-,28-,30-/m0/s1. The molecule has 3 aromatic rings. The van der Waals surface area contributed by atoms with E-state index in [0.29, 0.717) is 34.7 Å². The van der Waals surface area contributed by atoms with E-state index in [-0.39, 0.29) is 17.0 Å². The van der Waals surface area contributed by atoms with E-state index in [1.807, 2.05) is 6.92 Å². The van der Waals surface area contributed by atoms with Crippen LogP contribution < -0.4 is 25.4 Å². The van der Waals surface area contributed by atoms with Gasteiger partial charge >= 0.3 is 6.18 Å². The number of benzene rings is 3. The quantitative estimate of drug-likeness (QED) is 0.159. The Morgan fingerprint density at radius 3 is 1.96 bits per heavy atom. The molecule has 0 saturated carbocycles. The van der Waals surface area contributed by atoms with Gasteiger partial charge in [-0.1, -0.05) is 43.3 Å². The van der Waals surface area contributed by atoms with Gasteiger partial charge in [0.1, 0.15) is 23.2 Å². The smallest absolute Gasteiger partial charge is 0.407 e. The Morgan fingerprint density at radius 1 is 0.891 bits per heavy atom. The van der Waals surface area contributed by atoms with Gasteiger partial charge in [-0.15, -0.1) is 0 Å². The molecule has 0 aliphatic carbocycles. The van der Waals surface area contributed by atoms with Gasteiger partial charge in [0.05, 0.1) is 30.8 Å². The lowest BCUT2D eigenvalue weighted by atomic mass is 9.96. The maximum Gasteiger partial charge on any atom is 0.407 e. The highest BCUT2D eigenvalue weighted by Crippen LogP contribution is 2.35. The highest BCUT2D eigenvalue weighted by atomic mass is 32.2. The number of methoxy groups -OCH3 is 2. The number of carbonyl (C=O) groups excluding carboxylic acids is 1. The number of rotatable bonds is 15. The number of anilines is 1. The van der Waals surface area contributed by atoms with Gasteiger partial charge in [-0.25, -0.2) is 12.8 Å². The molecule has 0 saturated heterocycles. The van der Waals surface area contributed by atoms with Gasteiger partial charge in [0.25, 0.3) is 0 Å². The third-order valence-electron chi connectivity index (χ3n) is 7.35. The molecule has 3 N–H and O–H groups in total. The molecule has 252 valence electrons. The van der Waals surface area contributed by atoms with Gasteiger partial charge in [-0.05, 0) is 61.2 Å². The number of nitrogens with one attached hydrogen (secondary N) is 3. The van der Waals surface area contributed by atoms with Gasteiger partial charge in [0, 0.05) is 31.3 Å². The Labute approximate surface area is 267 Å². The predicted molar refractivity (Wildman–Crippen MR) is 171 cm³/mol. The van der Waals surface area contributed by atoms with Crippen molar-refractivity contribution in [3.63, 3.8) is 0 Å². The van der Waals surface area contributed by atoms with Crippen LogP contribution in [-0.2, 0) is 14.6 Å². The molecule has 8 nitrogen and oxygen atoms in total. The molecular formula is C33H41F4N3O5S. The normalized spacial score (nSPS) is 14.2. The van der Waals surface area contributed by atoms with Crippen molar-refractivity contribution in [1.82, 2.24) is 10.6 Å². The van der Waals surface area contributed by atoms with Gasteiger partial charge in [0.2, 0.25) is 5.91 Å². The van der Waals surface area contributed by atoms with Crippen molar-refractivity contribution in [2.75, 3.05) is 32.3 Å². The van der Waals surface area contributed by atoms with Crippen LogP contribution >= 0.6 is 0 Å². The molecule has 0 aromatic heterocycles. The van der Waals surface area contributed by atoms with E-state index in [1.165, 1.54) is 64.5 Å². The molecule has 13 heteroatoms. The number of halogens is 4. The van der Waals surface area contributed by atoms with Crippen molar-refractivity contribution in [2.24, 2.45) is 0 Å². The van der Waals surface area contributed by atoms with Crippen molar-refractivity contribution in [3.8, 4) is 22.6 Å². The number of alkyl halides is 4. The van der Waals surface area contributed by atoms with Crippen molar-refractivity contribution in [2.45, 2.75) is 68.5 Å². The minimum Gasteiger partial charge on any atom is -0.497 e. The summed E-state index contributed by atoms with van der Waals surface area (Å²) in [6.07, 6.45) is -3.79.